The number of nitrogens with one attached hydrogen (secondary N) is 2. The van der Waals surface area contributed by atoms with Gasteiger partial charge >= 0.3 is 0 Å². The van der Waals surface area contributed by atoms with Gasteiger partial charge in [0.2, 0.25) is 5.91 Å². The second-order valence-corrected chi connectivity index (χ2v) is 13.0. The highest BCUT2D eigenvalue weighted by molar-refractivity contribution is 7.17. The maximum Gasteiger partial charge on any atom is 0.267 e. The number of benzene rings is 1. The molecule has 2 aliphatic rings. The average Bonchev–Trinajstić information content (AvgIpc) is 3.49. The quantitative estimate of drug-likeness (QED) is 0.227. The van der Waals surface area contributed by atoms with E-state index in [-0.39, 0.29) is 17.9 Å². The minimum Gasteiger partial charge on any atom is -0.493 e. The van der Waals surface area contributed by atoms with Crippen molar-refractivity contribution in [3.8, 4) is 17.0 Å². The molecule has 0 aliphatic carbocycles. The van der Waals surface area contributed by atoms with Crippen LogP contribution in [-0.2, 0) is 16.1 Å². The Kier molecular flexibility index (Phi) is 8.69. The molecule has 4 aromatic rings. The molecular formula is C33H34ClN7O4S. The molecule has 0 bridgehead atoms. The fourth-order valence-corrected chi connectivity index (χ4v) is 6.67. The molecule has 1 fully saturated rings. The number of rotatable bonds is 7. The lowest BCUT2D eigenvalue weighted by Gasteiger charge is -2.47. The van der Waals surface area contributed by atoms with Crippen LogP contribution in [0.25, 0.3) is 11.3 Å². The Morgan fingerprint density at radius 2 is 2.02 bits per heavy atom. The van der Waals surface area contributed by atoms with E-state index in [0.717, 1.165) is 22.5 Å². The van der Waals surface area contributed by atoms with Gasteiger partial charge in [0.05, 0.1) is 48.0 Å². The Labute approximate surface area is 276 Å². The van der Waals surface area contributed by atoms with Gasteiger partial charge in [0.15, 0.2) is 16.7 Å². The number of piperazine rings is 1. The number of ether oxygens (including phenoxy) is 2. The van der Waals surface area contributed by atoms with Gasteiger partial charge in [0, 0.05) is 37.0 Å². The molecule has 1 aromatic carbocycles. The van der Waals surface area contributed by atoms with Crippen LogP contribution in [0.3, 0.4) is 0 Å². The molecular weight excluding hydrogens is 626 g/mol. The van der Waals surface area contributed by atoms with Crippen LogP contribution in [0, 0.1) is 6.92 Å². The molecule has 13 heteroatoms. The summed E-state index contributed by atoms with van der Waals surface area (Å²) in [7, 11) is 1.57. The van der Waals surface area contributed by atoms with Crippen molar-refractivity contribution in [2.75, 3.05) is 42.3 Å². The fraction of sp³-hybridized carbons (Fsp3) is 0.303. The molecule has 2 amide bonds. The minimum atomic E-state index is -0.522. The zero-order valence-corrected chi connectivity index (χ0v) is 27.5. The van der Waals surface area contributed by atoms with Crippen LogP contribution in [0.5, 0.6) is 5.75 Å². The van der Waals surface area contributed by atoms with Gasteiger partial charge in [-0.25, -0.2) is 15.0 Å². The number of amides is 2. The van der Waals surface area contributed by atoms with Crippen LogP contribution in [0.2, 0.25) is 5.02 Å². The number of anilines is 4. The largest absolute Gasteiger partial charge is 0.493 e. The molecule has 0 spiro atoms. The smallest absolute Gasteiger partial charge is 0.267 e. The van der Waals surface area contributed by atoms with Crippen molar-refractivity contribution in [3.05, 3.63) is 82.5 Å². The molecule has 1 unspecified atom stereocenters. The number of halogens is 1. The summed E-state index contributed by atoms with van der Waals surface area (Å²) in [6, 6.07) is 11.1. The number of hydrogen-bond donors (Lipinski definition) is 2. The summed E-state index contributed by atoms with van der Waals surface area (Å²) in [6.45, 7) is 11.7. The molecule has 0 saturated carbocycles. The maximum absolute atomic E-state index is 13.0. The maximum atomic E-state index is 13.0. The molecule has 3 aromatic heterocycles. The Balaban J connectivity index is 1.24. The van der Waals surface area contributed by atoms with E-state index in [2.05, 4.69) is 27.1 Å². The minimum absolute atomic E-state index is 0.0707. The zero-order valence-electron chi connectivity index (χ0n) is 26.0. The first-order valence-corrected chi connectivity index (χ1v) is 15.9. The number of aryl methyl sites for hydroxylation is 1. The third-order valence-electron chi connectivity index (χ3n) is 8.27. The Morgan fingerprint density at radius 1 is 1.20 bits per heavy atom. The number of carbonyl (C=O) groups is 2. The van der Waals surface area contributed by atoms with Gasteiger partial charge in [-0.2, -0.15) is 0 Å². The van der Waals surface area contributed by atoms with E-state index in [9.17, 15) is 9.59 Å². The SMILES string of the molecule is C=CC(=O)N1CCN2c3ncc(-c4ccc(OC)c(Nc5ncc(C(=O)Nc6c(C)cccc6Cl)s5)n4)cc3COC(C)(C)C2C1. The average molecular weight is 660 g/mol. The van der Waals surface area contributed by atoms with Crippen LogP contribution in [0.1, 0.15) is 34.6 Å². The zero-order chi connectivity index (χ0) is 32.6. The lowest BCUT2D eigenvalue weighted by molar-refractivity contribution is -0.128. The number of nitrogens with zero attached hydrogens (tertiary/aromatic N) is 5. The first kappa shape index (κ1) is 31.5. The molecule has 2 aliphatic heterocycles. The van der Waals surface area contributed by atoms with Crippen molar-refractivity contribution in [2.24, 2.45) is 0 Å². The van der Waals surface area contributed by atoms with Gasteiger partial charge in [0.1, 0.15) is 10.7 Å². The monoisotopic (exact) mass is 659 g/mol. The second-order valence-electron chi connectivity index (χ2n) is 11.6. The Hall–Kier alpha value is -4.52. The van der Waals surface area contributed by atoms with Gasteiger partial charge in [-0.15, -0.1) is 0 Å². The molecule has 1 saturated heterocycles. The summed E-state index contributed by atoms with van der Waals surface area (Å²) in [5, 5.41) is 7.02. The van der Waals surface area contributed by atoms with Gasteiger partial charge in [0.25, 0.3) is 5.91 Å². The molecule has 5 heterocycles. The van der Waals surface area contributed by atoms with E-state index in [1.807, 2.05) is 56.0 Å². The van der Waals surface area contributed by atoms with Crippen LogP contribution in [0.4, 0.5) is 22.5 Å². The van der Waals surface area contributed by atoms with E-state index in [4.69, 9.17) is 31.0 Å². The number of hydrogen-bond acceptors (Lipinski definition) is 10. The standard InChI is InChI=1S/C33H34ClN7O4S/c1-6-27(42)40-12-13-41-26(17-40)33(3,4)45-18-21-14-20(15-35-30(21)41)23-10-11-24(44-5)29(37-23)39-32-36-16-25(46-32)31(43)38-28-19(2)8-7-9-22(28)34/h6-11,14-16,26H,1,12-13,17-18H2,2-5H3,(H,38,43)(H,36,37,39). The Morgan fingerprint density at radius 3 is 2.78 bits per heavy atom. The molecule has 46 heavy (non-hydrogen) atoms. The topological polar surface area (TPSA) is 122 Å². The number of thiazole rings is 1. The second kappa shape index (κ2) is 12.7. The van der Waals surface area contributed by atoms with Gasteiger partial charge in [-0.1, -0.05) is 41.6 Å². The highest BCUT2D eigenvalue weighted by Crippen LogP contribution is 2.37. The highest BCUT2D eigenvalue weighted by atomic mass is 35.5. The number of pyridine rings is 2. The summed E-state index contributed by atoms with van der Waals surface area (Å²) in [6.07, 6.45) is 4.66. The summed E-state index contributed by atoms with van der Waals surface area (Å²) in [5.74, 6) is 1.41. The van der Waals surface area contributed by atoms with Crippen LogP contribution in [-0.4, -0.2) is 70.1 Å². The molecule has 2 N–H and O–H groups in total. The first-order chi connectivity index (χ1) is 22.1. The van der Waals surface area contributed by atoms with Gasteiger partial charge in [-0.05, 0) is 56.7 Å². The lowest BCUT2D eigenvalue weighted by Crippen LogP contribution is -2.62. The molecule has 1 atom stereocenters. The number of para-hydroxylation sites is 1. The number of fused-ring (bicyclic) bond motifs is 3. The van der Waals surface area contributed by atoms with Crippen molar-refractivity contribution >= 4 is 57.2 Å². The normalized spacial score (nSPS) is 16.9. The number of carbonyl (C=O) groups excluding carboxylic acids is 2. The van der Waals surface area contributed by atoms with Gasteiger partial charge < -0.3 is 29.9 Å². The lowest BCUT2D eigenvalue weighted by atomic mass is 9.94. The predicted octanol–water partition coefficient (Wildman–Crippen LogP) is 6.08. The molecule has 6 rings (SSSR count). The van der Waals surface area contributed by atoms with E-state index in [1.165, 1.54) is 23.6 Å². The third-order valence-corrected chi connectivity index (χ3v) is 9.50. The van der Waals surface area contributed by atoms with Crippen molar-refractivity contribution in [1.29, 1.82) is 0 Å². The molecule has 11 nitrogen and oxygen atoms in total. The van der Waals surface area contributed by atoms with Crippen molar-refractivity contribution < 1.29 is 19.1 Å². The number of methoxy groups -OCH3 is 1. The van der Waals surface area contributed by atoms with Crippen molar-refractivity contribution in [3.63, 3.8) is 0 Å². The highest BCUT2D eigenvalue weighted by Gasteiger charge is 2.43. The van der Waals surface area contributed by atoms with E-state index >= 15 is 0 Å². The molecule has 0 radical (unpaired) electrons. The number of aromatic nitrogens is 3. The van der Waals surface area contributed by atoms with Crippen molar-refractivity contribution in [2.45, 2.75) is 39.0 Å². The first-order valence-electron chi connectivity index (χ1n) is 14.7. The van der Waals surface area contributed by atoms with Gasteiger partial charge in [-0.3, -0.25) is 9.59 Å². The van der Waals surface area contributed by atoms with E-state index in [1.54, 1.807) is 19.4 Å². The summed E-state index contributed by atoms with van der Waals surface area (Å²) in [4.78, 5) is 43.9. The van der Waals surface area contributed by atoms with Crippen LogP contribution in [0.15, 0.2) is 61.4 Å². The summed E-state index contributed by atoms with van der Waals surface area (Å²) >= 11 is 7.48. The van der Waals surface area contributed by atoms with Crippen LogP contribution >= 0.6 is 22.9 Å². The van der Waals surface area contributed by atoms with E-state index < -0.39 is 5.60 Å². The van der Waals surface area contributed by atoms with E-state index in [0.29, 0.717) is 64.2 Å². The van der Waals surface area contributed by atoms with Crippen LogP contribution < -0.4 is 20.3 Å². The summed E-state index contributed by atoms with van der Waals surface area (Å²) < 4.78 is 12.0. The Bertz CT molecular complexity index is 1810. The fourth-order valence-electron chi connectivity index (χ4n) is 5.69. The third kappa shape index (κ3) is 6.15. The predicted molar refractivity (Wildman–Crippen MR) is 180 cm³/mol. The molecule has 238 valence electrons. The van der Waals surface area contributed by atoms with Crippen molar-refractivity contribution in [1.82, 2.24) is 19.9 Å². The summed E-state index contributed by atoms with van der Waals surface area (Å²) in [5.41, 5.74) is 3.32.